The van der Waals surface area contributed by atoms with E-state index in [-0.39, 0.29) is 12.0 Å². The van der Waals surface area contributed by atoms with Crippen molar-refractivity contribution in [3.8, 4) is 11.5 Å². The van der Waals surface area contributed by atoms with Gasteiger partial charge in [-0.05, 0) is 57.1 Å². The van der Waals surface area contributed by atoms with E-state index in [1.807, 2.05) is 31.2 Å². The van der Waals surface area contributed by atoms with Crippen molar-refractivity contribution >= 4 is 5.91 Å². The molecule has 1 aromatic heterocycles. The maximum atomic E-state index is 12.3. The Labute approximate surface area is 152 Å². The number of carbonyl (C=O) groups is 1. The highest BCUT2D eigenvalue weighted by molar-refractivity contribution is 5.91. The summed E-state index contributed by atoms with van der Waals surface area (Å²) in [6.45, 7) is 4.21. The van der Waals surface area contributed by atoms with Crippen molar-refractivity contribution in [1.82, 2.24) is 25.6 Å². The van der Waals surface area contributed by atoms with Crippen LogP contribution in [0, 0.1) is 0 Å². The van der Waals surface area contributed by atoms with Crippen molar-refractivity contribution in [2.45, 2.75) is 31.9 Å². The third-order valence-corrected chi connectivity index (χ3v) is 4.37. The number of carbonyl (C=O) groups excluding carboxylic acids is 1. The Bertz CT molecular complexity index is 710. The van der Waals surface area contributed by atoms with Crippen LogP contribution in [-0.2, 0) is 0 Å². The predicted molar refractivity (Wildman–Crippen MR) is 96.6 cm³/mol. The fraction of sp³-hybridized carbons (Fsp3) is 0.500. The van der Waals surface area contributed by atoms with Crippen molar-refractivity contribution in [1.29, 1.82) is 0 Å². The second-order valence-corrected chi connectivity index (χ2v) is 6.38. The van der Waals surface area contributed by atoms with Crippen LogP contribution < -0.4 is 20.1 Å². The van der Waals surface area contributed by atoms with E-state index in [4.69, 9.17) is 9.47 Å². The Hall–Kier alpha value is -2.61. The number of rotatable bonds is 7. The van der Waals surface area contributed by atoms with Gasteiger partial charge in [0.15, 0.2) is 5.69 Å². The van der Waals surface area contributed by atoms with Gasteiger partial charge < -0.3 is 20.1 Å². The summed E-state index contributed by atoms with van der Waals surface area (Å²) in [5.74, 6) is 1.26. The van der Waals surface area contributed by atoms with Gasteiger partial charge in [-0.15, -0.1) is 5.10 Å². The molecule has 0 radical (unpaired) electrons. The highest BCUT2D eigenvalue weighted by atomic mass is 16.5. The molecule has 0 saturated carbocycles. The molecule has 3 rings (SSSR count). The number of aromatic nitrogens is 3. The fourth-order valence-corrected chi connectivity index (χ4v) is 2.89. The van der Waals surface area contributed by atoms with Crippen LogP contribution in [0.15, 0.2) is 30.5 Å². The van der Waals surface area contributed by atoms with Crippen molar-refractivity contribution in [2.24, 2.45) is 0 Å². The van der Waals surface area contributed by atoms with Crippen LogP contribution in [0.1, 0.15) is 36.3 Å². The van der Waals surface area contributed by atoms with Gasteiger partial charge in [-0.25, -0.2) is 4.68 Å². The van der Waals surface area contributed by atoms with Crippen LogP contribution in [-0.4, -0.2) is 53.7 Å². The average Bonchev–Trinajstić information content (AvgIpc) is 3.18. The van der Waals surface area contributed by atoms with Gasteiger partial charge >= 0.3 is 0 Å². The Morgan fingerprint density at radius 3 is 2.69 bits per heavy atom. The summed E-state index contributed by atoms with van der Waals surface area (Å²) >= 11 is 0. The monoisotopic (exact) mass is 359 g/mol. The molecule has 0 spiro atoms. The topological polar surface area (TPSA) is 90.3 Å². The number of methoxy groups -OCH3 is 1. The summed E-state index contributed by atoms with van der Waals surface area (Å²) in [4.78, 5) is 12.3. The first-order valence-corrected chi connectivity index (χ1v) is 8.87. The number of nitrogens with one attached hydrogen (secondary N) is 2. The normalized spacial score (nSPS) is 16.1. The lowest BCUT2D eigenvalue weighted by atomic mass is 10.1. The third kappa shape index (κ3) is 4.72. The van der Waals surface area contributed by atoms with Crippen LogP contribution in [0.5, 0.6) is 11.5 Å². The van der Waals surface area contributed by atoms with E-state index in [9.17, 15) is 4.79 Å². The number of nitrogens with zero attached hydrogens (tertiary/aromatic N) is 3. The molecule has 140 valence electrons. The van der Waals surface area contributed by atoms with E-state index >= 15 is 0 Å². The number of hydrogen-bond donors (Lipinski definition) is 2. The lowest BCUT2D eigenvalue weighted by Gasteiger charge is -2.22. The molecule has 1 amide bonds. The lowest BCUT2D eigenvalue weighted by Crippen LogP contribution is -2.33. The molecular weight excluding hydrogens is 334 g/mol. The van der Waals surface area contributed by atoms with Gasteiger partial charge in [-0.3, -0.25) is 4.79 Å². The first kappa shape index (κ1) is 18.2. The summed E-state index contributed by atoms with van der Waals surface area (Å²) in [6.07, 6.45) is 3.54. The Balaban J connectivity index is 1.47. The van der Waals surface area contributed by atoms with E-state index in [2.05, 4.69) is 20.9 Å². The van der Waals surface area contributed by atoms with E-state index in [0.717, 1.165) is 37.4 Å². The molecule has 26 heavy (non-hydrogen) atoms. The third-order valence-electron chi connectivity index (χ3n) is 4.37. The minimum atomic E-state index is -0.240. The average molecular weight is 359 g/mol. The van der Waals surface area contributed by atoms with Crippen LogP contribution in [0.25, 0.3) is 0 Å². The minimum absolute atomic E-state index is 0.174. The van der Waals surface area contributed by atoms with E-state index < -0.39 is 0 Å². The molecular formula is C18H25N5O3. The Kier molecular flexibility index (Phi) is 6.06. The highest BCUT2D eigenvalue weighted by Gasteiger charge is 2.19. The molecule has 1 aromatic carbocycles. The number of piperidine rings is 1. The molecule has 2 aromatic rings. The highest BCUT2D eigenvalue weighted by Crippen LogP contribution is 2.18. The zero-order valence-corrected chi connectivity index (χ0v) is 15.1. The molecule has 8 nitrogen and oxygen atoms in total. The molecule has 2 heterocycles. The van der Waals surface area contributed by atoms with Gasteiger partial charge in [0.2, 0.25) is 0 Å². The molecule has 0 aliphatic carbocycles. The second-order valence-electron chi connectivity index (χ2n) is 6.38. The molecule has 1 aliphatic heterocycles. The molecule has 8 heteroatoms. The van der Waals surface area contributed by atoms with Crippen molar-refractivity contribution in [2.75, 3.05) is 26.7 Å². The van der Waals surface area contributed by atoms with E-state index in [1.54, 1.807) is 18.0 Å². The number of ether oxygens (including phenoxy) is 2. The summed E-state index contributed by atoms with van der Waals surface area (Å²) in [5.41, 5.74) is 0.334. The molecule has 1 atom stereocenters. The predicted octanol–water partition coefficient (Wildman–Crippen LogP) is 1.41. The van der Waals surface area contributed by atoms with Gasteiger partial charge in [0.1, 0.15) is 17.6 Å². The van der Waals surface area contributed by atoms with Crippen LogP contribution >= 0.6 is 0 Å². The first-order valence-electron chi connectivity index (χ1n) is 8.87. The SMILES string of the molecule is COc1ccc(OC(C)CNC(=O)c2cn(C3CCNCC3)nn2)cc1. The smallest absolute Gasteiger partial charge is 0.273 e. The summed E-state index contributed by atoms with van der Waals surface area (Å²) in [5, 5.41) is 14.3. The van der Waals surface area contributed by atoms with E-state index in [1.165, 1.54) is 0 Å². The second kappa shape index (κ2) is 8.66. The molecule has 1 aliphatic rings. The summed E-state index contributed by atoms with van der Waals surface area (Å²) in [7, 11) is 1.62. The number of amides is 1. The zero-order valence-electron chi connectivity index (χ0n) is 15.1. The van der Waals surface area contributed by atoms with Gasteiger partial charge in [0.05, 0.1) is 25.9 Å². The van der Waals surface area contributed by atoms with Crippen LogP contribution in [0.4, 0.5) is 0 Å². The zero-order chi connectivity index (χ0) is 18.4. The van der Waals surface area contributed by atoms with Crippen molar-refractivity contribution < 1.29 is 14.3 Å². The quantitative estimate of drug-likeness (QED) is 0.777. The number of hydrogen-bond acceptors (Lipinski definition) is 6. The first-order chi connectivity index (χ1) is 12.7. The standard InChI is InChI=1S/C18H25N5O3/c1-13(26-16-5-3-15(25-2)4-6-16)11-20-18(24)17-12-23(22-21-17)14-7-9-19-10-8-14/h3-6,12-14,19H,7-11H2,1-2H3,(H,20,24). The largest absolute Gasteiger partial charge is 0.497 e. The fourth-order valence-electron chi connectivity index (χ4n) is 2.89. The van der Waals surface area contributed by atoms with Gasteiger partial charge in [0.25, 0.3) is 5.91 Å². The minimum Gasteiger partial charge on any atom is -0.497 e. The van der Waals surface area contributed by atoms with Crippen LogP contribution in [0.2, 0.25) is 0 Å². The maximum absolute atomic E-state index is 12.3. The van der Waals surface area contributed by atoms with Gasteiger partial charge in [-0.2, -0.15) is 0 Å². The molecule has 0 bridgehead atoms. The van der Waals surface area contributed by atoms with Crippen LogP contribution in [0.3, 0.4) is 0 Å². The van der Waals surface area contributed by atoms with Crippen molar-refractivity contribution in [3.05, 3.63) is 36.2 Å². The lowest BCUT2D eigenvalue weighted by molar-refractivity contribution is 0.0927. The summed E-state index contributed by atoms with van der Waals surface area (Å²) in [6, 6.07) is 7.64. The molecule has 1 unspecified atom stereocenters. The maximum Gasteiger partial charge on any atom is 0.273 e. The Morgan fingerprint density at radius 1 is 1.31 bits per heavy atom. The van der Waals surface area contributed by atoms with Gasteiger partial charge in [-0.1, -0.05) is 5.21 Å². The van der Waals surface area contributed by atoms with Crippen molar-refractivity contribution in [3.63, 3.8) is 0 Å². The van der Waals surface area contributed by atoms with E-state index in [0.29, 0.717) is 18.3 Å². The number of benzene rings is 1. The molecule has 1 saturated heterocycles. The van der Waals surface area contributed by atoms with Gasteiger partial charge in [0, 0.05) is 0 Å². The summed E-state index contributed by atoms with van der Waals surface area (Å²) < 4.78 is 12.7. The molecule has 1 fully saturated rings. The molecule has 2 N–H and O–H groups in total. The Morgan fingerprint density at radius 2 is 2.00 bits per heavy atom.